The highest BCUT2D eigenvalue weighted by molar-refractivity contribution is 6.31. The molecule has 0 atom stereocenters. The van der Waals surface area contributed by atoms with Crippen LogP contribution in [-0.2, 0) is 4.79 Å². The van der Waals surface area contributed by atoms with Gasteiger partial charge in [-0.3, -0.25) is 4.79 Å². The van der Waals surface area contributed by atoms with Crippen LogP contribution in [0.2, 0.25) is 10.0 Å². The van der Waals surface area contributed by atoms with E-state index in [1.807, 2.05) is 0 Å². The minimum Gasteiger partial charge on any atom is -0.504 e. The Morgan fingerprint density at radius 1 is 0.913 bits per heavy atom. The van der Waals surface area contributed by atoms with Gasteiger partial charge < -0.3 is 19.3 Å². The molecular formula is C16H18Cl2O5. The number of carbonyl (C=O) groups excluding carboxylic acids is 1. The molecule has 7 heteroatoms. The predicted octanol–water partition coefficient (Wildman–Crippen LogP) is 4.57. The molecule has 2 aromatic carbocycles. The van der Waals surface area contributed by atoms with Crippen LogP contribution in [-0.4, -0.2) is 25.8 Å². The standard InChI is InChI=1S/C8H7ClO3.C7H7ClO2.CH4/c1-11-7-3-2-6(9)4-8(7)12-5-10;1-10-7-3-2-5(8)4-6(7)9;/h2-5H,1H3;2-4,9H,1H3;1H4. The summed E-state index contributed by atoms with van der Waals surface area (Å²) < 4.78 is 14.3. The Kier molecular flexibility index (Phi) is 9.62. The number of hydrogen-bond acceptors (Lipinski definition) is 5. The van der Waals surface area contributed by atoms with Crippen LogP contribution in [0.25, 0.3) is 0 Å². The fraction of sp³-hybridized carbons (Fsp3) is 0.188. The normalized spacial score (nSPS) is 8.87. The second-order valence-corrected chi connectivity index (χ2v) is 4.70. The molecule has 0 amide bonds. The Morgan fingerprint density at radius 2 is 1.43 bits per heavy atom. The van der Waals surface area contributed by atoms with E-state index in [2.05, 4.69) is 4.74 Å². The van der Waals surface area contributed by atoms with E-state index in [-0.39, 0.29) is 13.2 Å². The second-order valence-electron chi connectivity index (χ2n) is 3.83. The molecule has 0 fully saturated rings. The average Bonchev–Trinajstić information content (AvgIpc) is 2.49. The smallest absolute Gasteiger partial charge is 0.298 e. The van der Waals surface area contributed by atoms with Gasteiger partial charge in [-0.2, -0.15) is 0 Å². The monoisotopic (exact) mass is 360 g/mol. The van der Waals surface area contributed by atoms with Crippen molar-refractivity contribution in [2.24, 2.45) is 0 Å². The molecule has 0 unspecified atom stereocenters. The Hall–Kier alpha value is -2.11. The lowest BCUT2D eigenvalue weighted by Crippen LogP contribution is -1.92. The first-order valence-electron chi connectivity index (χ1n) is 5.98. The van der Waals surface area contributed by atoms with Crippen molar-refractivity contribution >= 4 is 29.7 Å². The van der Waals surface area contributed by atoms with E-state index >= 15 is 0 Å². The summed E-state index contributed by atoms with van der Waals surface area (Å²) in [4.78, 5) is 10.0. The molecule has 0 aliphatic carbocycles. The van der Waals surface area contributed by atoms with Gasteiger partial charge in [-0.25, -0.2) is 0 Å². The van der Waals surface area contributed by atoms with E-state index in [1.54, 1.807) is 24.3 Å². The number of halogens is 2. The molecule has 126 valence electrons. The third-order valence-corrected chi connectivity index (χ3v) is 2.91. The number of rotatable bonds is 4. The molecule has 0 heterocycles. The quantitative estimate of drug-likeness (QED) is 0.808. The highest BCUT2D eigenvalue weighted by Gasteiger charge is 2.03. The lowest BCUT2D eigenvalue weighted by molar-refractivity contribution is -0.120. The number of benzene rings is 2. The second kappa shape index (κ2) is 10.6. The maximum atomic E-state index is 10.0. The molecule has 0 saturated heterocycles. The zero-order valence-electron chi connectivity index (χ0n) is 11.9. The van der Waals surface area contributed by atoms with Crippen LogP contribution in [0.15, 0.2) is 36.4 Å². The van der Waals surface area contributed by atoms with Crippen LogP contribution in [0.1, 0.15) is 7.43 Å². The van der Waals surface area contributed by atoms with Crippen LogP contribution in [0.5, 0.6) is 23.0 Å². The number of ether oxygens (including phenoxy) is 3. The molecule has 23 heavy (non-hydrogen) atoms. The van der Waals surface area contributed by atoms with Crippen LogP contribution < -0.4 is 14.2 Å². The van der Waals surface area contributed by atoms with Crippen molar-refractivity contribution in [1.29, 1.82) is 0 Å². The molecular weight excluding hydrogens is 343 g/mol. The number of methoxy groups -OCH3 is 2. The van der Waals surface area contributed by atoms with Crippen molar-refractivity contribution in [2.45, 2.75) is 7.43 Å². The van der Waals surface area contributed by atoms with Gasteiger partial charge >= 0.3 is 0 Å². The van der Waals surface area contributed by atoms with Crippen molar-refractivity contribution in [1.82, 2.24) is 0 Å². The summed E-state index contributed by atoms with van der Waals surface area (Å²) in [5.74, 6) is 1.30. The van der Waals surface area contributed by atoms with Crippen LogP contribution in [0, 0.1) is 0 Å². The summed E-state index contributed by atoms with van der Waals surface area (Å²) in [6.07, 6.45) is 0. The molecule has 0 bridgehead atoms. The molecule has 0 aliphatic heterocycles. The number of phenolic OH excluding ortho intramolecular Hbond substituents is 1. The van der Waals surface area contributed by atoms with Gasteiger partial charge in [0.05, 0.1) is 14.2 Å². The fourth-order valence-electron chi connectivity index (χ4n) is 1.46. The number of aromatic hydroxyl groups is 1. The Bertz CT molecular complexity index is 632. The first kappa shape index (κ1) is 20.9. The average molecular weight is 361 g/mol. The van der Waals surface area contributed by atoms with E-state index < -0.39 is 0 Å². The van der Waals surface area contributed by atoms with Crippen molar-refractivity contribution in [3.63, 3.8) is 0 Å². The van der Waals surface area contributed by atoms with Crippen molar-refractivity contribution < 1.29 is 24.1 Å². The molecule has 2 aromatic rings. The maximum absolute atomic E-state index is 10.0. The predicted molar refractivity (Wildman–Crippen MR) is 91.1 cm³/mol. The zero-order chi connectivity index (χ0) is 16.5. The van der Waals surface area contributed by atoms with Crippen molar-refractivity contribution in [3.05, 3.63) is 46.4 Å². The third-order valence-electron chi connectivity index (χ3n) is 2.44. The SMILES string of the molecule is C.COc1ccc(Cl)cc1O.COc1ccc(Cl)cc1OC=O. The first-order valence-corrected chi connectivity index (χ1v) is 6.73. The molecule has 5 nitrogen and oxygen atoms in total. The van der Waals surface area contributed by atoms with Gasteiger partial charge in [0.1, 0.15) is 0 Å². The zero-order valence-corrected chi connectivity index (χ0v) is 13.4. The number of carbonyl (C=O) groups is 1. The van der Waals surface area contributed by atoms with Gasteiger partial charge in [0.25, 0.3) is 6.47 Å². The van der Waals surface area contributed by atoms with Crippen LogP contribution in [0.3, 0.4) is 0 Å². The summed E-state index contributed by atoms with van der Waals surface area (Å²) in [6, 6.07) is 9.48. The third kappa shape index (κ3) is 6.67. The molecule has 2 rings (SSSR count). The first-order chi connectivity index (χ1) is 10.5. The topological polar surface area (TPSA) is 65.0 Å². The van der Waals surface area contributed by atoms with Crippen molar-refractivity contribution in [3.8, 4) is 23.0 Å². The summed E-state index contributed by atoms with van der Waals surface area (Å²) in [7, 11) is 2.98. The van der Waals surface area contributed by atoms with E-state index in [1.165, 1.54) is 26.4 Å². The molecule has 0 aliphatic rings. The van der Waals surface area contributed by atoms with E-state index in [0.717, 1.165) is 0 Å². The molecule has 0 radical (unpaired) electrons. The number of hydrogen-bond donors (Lipinski definition) is 1. The minimum absolute atomic E-state index is 0. The Morgan fingerprint density at radius 3 is 1.91 bits per heavy atom. The highest BCUT2D eigenvalue weighted by atomic mass is 35.5. The van der Waals surface area contributed by atoms with Gasteiger partial charge in [-0.05, 0) is 24.3 Å². The van der Waals surface area contributed by atoms with E-state index in [9.17, 15) is 4.79 Å². The van der Waals surface area contributed by atoms with Crippen LogP contribution in [0.4, 0.5) is 0 Å². The van der Waals surface area contributed by atoms with Gasteiger partial charge in [-0.15, -0.1) is 0 Å². The molecule has 0 saturated carbocycles. The molecule has 0 spiro atoms. The van der Waals surface area contributed by atoms with E-state index in [4.69, 9.17) is 37.8 Å². The Balaban J connectivity index is 0.000000409. The fourth-order valence-corrected chi connectivity index (χ4v) is 1.79. The number of phenols is 1. The minimum atomic E-state index is 0. The molecule has 1 N–H and O–H groups in total. The van der Waals surface area contributed by atoms with Gasteiger partial charge in [0, 0.05) is 22.2 Å². The highest BCUT2D eigenvalue weighted by Crippen LogP contribution is 2.29. The molecule has 0 aromatic heterocycles. The van der Waals surface area contributed by atoms with Crippen molar-refractivity contribution in [2.75, 3.05) is 14.2 Å². The van der Waals surface area contributed by atoms with Gasteiger partial charge in [0.15, 0.2) is 23.0 Å². The Labute approximate surface area is 145 Å². The van der Waals surface area contributed by atoms with E-state index in [0.29, 0.717) is 33.8 Å². The largest absolute Gasteiger partial charge is 0.504 e. The van der Waals surface area contributed by atoms with Gasteiger partial charge in [-0.1, -0.05) is 30.6 Å². The van der Waals surface area contributed by atoms with Gasteiger partial charge in [0.2, 0.25) is 0 Å². The lowest BCUT2D eigenvalue weighted by atomic mass is 10.3. The maximum Gasteiger partial charge on any atom is 0.298 e. The summed E-state index contributed by atoms with van der Waals surface area (Å²) in [6.45, 7) is 0.328. The summed E-state index contributed by atoms with van der Waals surface area (Å²) in [5.41, 5.74) is 0. The lowest BCUT2D eigenvalue weighted by Gasteiger charge is -2.05. The van der Waals surface area contributed by atoms with Crippen LogP contribution >= 0.6 is 23.2 Å². The summed E-state index contributed by atoms with van der Waals surface area (Å²) >= 11 is 11.2. The summed E-state index contributed by atoms with van der Waals surface area (Å²) in [5, 5.41) is 10.1.